The van der Waals surface area contributed by atoms with Gasteiger partial charge in [0, 0.05) is 21.5 Å². The summed E-state index contributed by atoms with van der Waals surface area (Å²) in [6, 6.07) is 16.6. The van der Waals surface area contributed by atoms with E-state index in [2.05, 4.69) is 44.2 Å². The standard InChI is InChI=1S/C26H22O2/c1-13-5-7-15(3)23-19(13)10-17-9-18-11-20-14(2)6-8-16(4)24(20)26(28)22(18)12-21(17)25(23)27/h5-12,27-28H,1-4H3. The van der Waals surface area contributed by atoms with Crippen LogP contribution in [0, 0.1) is 27.7 Å². The average Bonchev–Trinajstić information content (AvgIpc) is 2.67. The van der Waals surface area contributed by atoms with Crippen LogP contribution in [0.3, 0.4) is 0 Å². The quantitative estimate of drug-likeness (QED) is 0.291. The van der Waals surface area contributed by atoms with Gasteiger partial charge in [-0.2, -0.15) is 0 Å². The van der Waals surface area contributed by atoms with E-state index in [1.807, 2.05) is 32.0 Å². The predicted octanol–water partition coefficient (Wildman–Crippen LogP) is 6.94. The summed E-state index contributed by atoms with van der Waals surface area (Å²) in [6.07, 6.45) is 0. The monoisotopic (exact) mass is 366 g/mol. The Morgan fingerprint density at radius 2 is 0.857 bits per heavy atom. The van der Waals surface area contributed by atoms with Crippen molar-refractivity contribution in [2.75, 3.05) is 0 Å². The fourth-order valence-electron chi connectivity index (χ4n) is 4.53. The molecule has 0 heterocycles. The summed E-state index contributed by atoms with van der Waals surface area (Å²) in [5, 5.41) is 29.6. The van der Waals surface area contributed by atoms with Crippen molar-refractivity contribution < 1.29 is 10.2 Å². The van der Waals surface area contributed by atoms with E-state index in [9.17, 15) is 10.2 Å². The molecule has 2 N–H and O–H groups in total. The van der Waals surface area contributed by atoms with Gasteiger partial charge in [0.1, 0.15) is 11.5 Å². The number of phenolic OH excluding ortho intramolecular Hbond substituents is 2. The Morgan fingerprint density at radius 3 is 1.29 bits per heavy atom. The first kappa shape index (κ1) is 16.9. The highest BCUT2D eigenvalue weighted by molar-refractivity contribution is 6.15. The fourth-order valence-corrected chi connectivity index (χ4v) is 4.53. The molecule has 138 valence electrons. The number of hydrogen-bond donors (Lipinski definition) is 2. The van der Waals surface area contributed by atoms with Crippen LogP contribution in [-0.2, 0) is 0 Å². The number of aromatic hydroxyl groups is 2. The summed E-state index contributed by atoms with van der Waals surface area (Å²) < 4.78 is 0. The Labute approximate surface area is 163 Å². The molecule has 28 heavy (non-hydrogen) atoms. The van der Waals surface area contributed by atoms with Crippen LogP contribution in [0.2, 0.25) is 0 Å². The van der Waals surface area contributed by atoms with Crippen LogP contribution in [0.5, 0.6) is 11.5 Å². The highest BCUT2D eigenvalue weighted by atomic mass is 16.3. The Kier molecular flexibility index (Phi) is 3.39. The molecule has 0 amide bonds. The molecular formula is C26H22O2. The maximum absolute atomic E-state index is 11.1. The zero-order chi connectivity index (χ0) is 19.7. The molecule has 0 saturated carbocycles. The van der Waals surface area contributed by atoms with Crippen molar-refractivity contribution in [3.63, 3.8) is 0 Å². The van der Waals surface area contributed by atoms with Crippen molar-refractivity contribution in [2.45, 2.75) is 27.7 Å². The summed E-state index contributed by atoms with van der Waals surface area (Å²) in [6.45, 7) is 8.18. The van der Waals surface area contributed by atoms with E-state index in [1.165, 1.54) is 0 Å². The Morgan fingerprint density at radius 1 is 0.464 bits per heavy atom. The van der Waals surface area contributed by atoms with Crippen molar-refractivity contribution in [3.8, 4) is 11.5 Å². The zero-order valence-electron chi connectivity index (χ0n) is 16.5. The maximum Gasteiger partial charge on any atom is 0.131 e. The Hall–Kier alpha value is -3.26. The van der Waals surface area contributed by atoms with Crippen LogP contribution in [0.15, 0.2) is 48.5 Å². The van der Waals surface area contributed by atoms with E-state index in [1.54, 1.807) is 0 Å². The van der Waals surface area contributed by atoms with Crippen LogP contribution < -0.4 is 0 Å². The highest BCUT2D eigenvalue weighted by Crippen LogP contribution is 2.43. The Bertz CT molecular complexity index is 1350. The van der Waals surface area contributed by atoms with Gasteiger partial charge in [-0.3, -0.25) is 0 Å². The highest BCUT2D eigenvalue weighted by Gasteiger charge is 2.15. The molecule has 5 rings (SSSR count). The lowest BCUT2D eigenvalue weighted by Gasteiger charge is -2.15. The minimum Gasteiger partial charge on any atom is -0.507 e. The van der Waals surface area contributed by atoms with Crippen LogP contribution in [0.1, 0.15) is 22.3 Å². The first-order valence-corrected chi connectivity index (χ1v) is 9.58. The normalized spacial score (nSPS) is 11.9. The second-order valence-corrected chi connectivity index (χ2v) is 7.99. The third-order valence-corrected chi connectivity index (χ3v) is 6.15. The van der Waals surface area contributed by atoms with Crippen molar-refractivity contribution in [1.29, 1.82) is 0 Å². The lowest BCUT2D eigenvalue weighted by molar-refractivity contribution is 0.486. The third kappa shape index (κ3) is 2.15. The molecule has 5 aromatic rings. The van der Waals surface area contributed by atoms with Gasteiger partial charge in [-0.1, -0.05) is 24.3 Å². The van der Waals surface area contributed by atoms with Gasteiger partial charge in [0.05, 0.1) is 0 Å². The minimum absolute atomic E-state index is 0.288. The molecule has 0 spiro atoms. The number of benzene rings is 5. The Balaban J connectivity index is 2.02. The topological polar surface area (TPSA) is 40.5 Å². The molecular weight excluding hydrogens is 344 g/mol. The fraction of sp³-hybridized carbons (Fsp3) is 0.154. The average molecular weight is 366 g/mol. The van der Waals surface area contributed by atoms with Crippen LogP contribution in [0.4, 0.5) is 0 Å². The molecule has 0 aliphatic heterocycles. The van der Waals surface area contributed by atoms with Gasteiger partial charge in [-0.25, -0.2) is 0 Å². The van der Waals surface area contributed by atoms with Crippen molar-refractivity contribution in [2.24, 2.45) is 0 Å². The van der Waals surface area contributed by atoms with Gasteiger partial charge in [0.25, 0.3) is 0 Å². The van der Waals surface area contributed by atoms with Gasteiger partial charge < -0.3 is 10.2 Å². The summed E-state index contributed by atoms with van der Waals surface area (Å²) >= 11 is 0. The van der Waals surface area contributed by atoms with Crippen LogP contribution in [-0.4, -0.2) is 10.2 Å². The van der Waals surface area contributed by atoms with Gasteiger partial charge in [-0.05, 0) is 95.8 Å². The first-order chi connectivity index (χ1) is 13.4. The summed E-state index contributed by atoms with van der Waals surface area (Å²) in [4.78, 5) is 0. The molecule has 0 aliphatic carbocycles. The zero-order valence-corrected chi connectivity index (χ0v) is 16.5. The first-order valence-electron chi connectivity index (χ1n) is 9.58. The molecule has 2 nitrogen and oxygen atoms in total. The molecule has 0 bridgehead atoms. The molecule has 2 heteroatoms. The number of aryl methyl sites for hydroxylation is 4. The predicted molar refractivity (Wildman–Crippen MR) is 119 cm³/mol. The van der Waals surface area contributed by atoms with Crippen LogP contribution >= 0.6 is 0 Å². The molecule has 0 fully saturated rings. The maximum atomic E-state index is 11.1. The van der Waals surface area contributed by atoms with E-state index in [0.717, 1.165) is 65.3 Å². The third-order valence-electron chi connectivity index (χ3n) is 6.15. The van der Waals surface area contributed by atoms with Gasteiger partial charge in [0.15, 0.2) is 0 Å². The van der Waals surface area contributed by atoms with Crippen molar-refractivity contribution >= 4 is 43.1 Å². The molecule has 0 radical (unpaired) electrons. The van der Waals surface area contributed by atoms with E-state index in [4.69, 9.17) is 0 Å². The van der Waals surface area contributed by atoms with Gasteiger partial charge in [-0.15, -0.1) is 0 Å². The van der Waals surface area contributed by atoms with Gasteiger partial charge >= 0.3 is 0 Å². The summed E-state index contributed by atoms with van der Waals surface area (Å²) in [5.74, 6) is 0.576. The number of fused-ring (bicyclic) bond motifs is 4. The van der Waals surface area contributed by atoms with Crippen LogP contribution in [0.25, 0.3) is 43.1 Å². The number of phenols is 2. The lowest BCUT2D eigenvalue weighted by atomic mass is 9.91. The molecule has 0 atom stereocenters. The summed E-state index contributed by atoms with van der Waals surface area (Å²) in [5.41, 5.74) is 4.39. The molecule has 0 aliphatic rings. The minimum atomic E-state index is 0.288. The van der Waals surface area contributed by atoms with E-state index in [-0.39, 0.29) is 11.5 Å². The molecule has 0 saturated heterocycles. The second-order valence-electron chi connectivity index (χ2n) is 7.99. The van der Waals surface area contributed by atoms with Crippen molar-refractivity contribution in [3.05, 3.63) is 70.8 Å². The number of rotatable bonds is 0. The molecule has 0 aromatic heterocycles. The van der Waals surface area contributed by atoms with Gasteiger partial charge in [0.2, 0.25) is 0 Å². The molecule has 5 aromatic carbocycles. The largest absolute Gasteiger partial charge is 0.507 e. The van der Waals surface area contributed by atoms with E-state index >= 15 is 0 Å². The molecule has 0 unspecified atom stereocenters. The van der Waals surface area contributed by atoms with Crippen molar-refractivity contribution in [1.82, 2.24) is 0 Å². The number of hydrogen-bond acceptors (Lipinski definition) is 2. The lowest BCUT2D eigenvalue weighted by Crippen LogP contribution is -1.89. The van der Waals surface area contributed by atoms with E-state index in [0.29, 0.717) is 0 Å². The summed E-state index contributed by atoms with van der Waals surface area (Å²) in [7, 11) is 0. The smallest absolute Gasteiger partial charge is 0.131 e. The second kappa shape index (κ2) is 5.62. The SMILES string of the molecule is Cc1ccc(C)c2c(O)c3cc4c(O)c5c(C)ccc(C)c5cc4cc3cc12. The van der Waals surface area contributed by atoms with E-state index < -0.39 is 0 Å².